The van der Waals surface area contributed by atoms with Crippen LogP contribution in [0.5, 0.6) is 11.5 Å². The van der Waals surface area contributed by atoms with Crippen LogP contribution in [0, 0.1) is 11.3 Å². The number of carbonyl (C=O) groups excluding carboxylic acids is 1. The first kappa shape index (κ1) is 20.6. The van der Waals surface area contributed by atoms with E-state index in [2.05, 4.69) is 0 Å². The van der Waals surface area contributed by atoms with E-state index in [1.54, 1.807) is 47.0 Å². The molecular weight excluding hydrogens is 404 g/mol. The fourth-order valence-electron chi connectivity index (χ4n) is 2.68. The summed E-state index contributed by atoms with van der Waals surface area (Å²) in [5, 5.41) is 12.7. The average molecular weight is 425 g/mol. The van der Waals surface area contributed by atoms with Gasteiger partial charge in [-0.25, -0.2) is 0 Å². The third kappa shape index (κ3) is 5.95. The Kier molecular flexibility index (Phi) is 7.45. The maximum atomic E-state index is 12.9. The van der Waals surface area contributed by atoms with Crippen molar-refractivity contribution >= 4 is 34.7 Å². The Morgan fingerprint density at radius 2 is 1.79 bits per heavy atom. The van der Waals surface area contributed by atoms with E-state index >= 15 is 0 Å². The number of rotatable bonds is 9. The summed E-state index contributed by atoms with van der Waals surface area (Å²) < 4.78 is 10.6. The molecule has 148 valence electrons. The summed E-state index contributed by atoms with van der Waals surface area (Å²) >= 11 is 3.28. The van der Waals surface area contributed by atoms with E-state index in [1.807, 2.05) is 52.1 Å². The summed E-state index contributed by atoms with van der Waals surface area (Å²) in [7, 11) is 1.54. The Bertz CT molecular complexity index is 953. The first-order valence-corrected chi connectivity index (χ1v) is 10.6. The van der Waals surface area contributed by atoms with E-state index in [4.69, 9.17) is 14.7 Å². The zero-order valence-electron chi connectivity index (χ0n) is 15.9. The monoisotopic (exact) mass is 424 g/mol. The lowest BCUT2D eigenvalue weighted by atomic mass is 10.2. The van der Waals surface area contributed by atoms with E-state index in [-0.39, 0.29) is 12.5 Å². The first-order chi connectivity index (χ1) is 14.2. The minimum Gasteiger partial charge on any atom is -0.493 e. The van der Waals surface area contributed by atoms with Gasteiger partial charge in [-0.2, -0.15) is 5.26 Å². The summed E-state index contributed by atoms with van der Waals surface area (Å²) in [5.41, 5.74) is 0.812. The van der Waals surface area contributed by atoms with Crippen LogP contribution in [0.15, 0.2) is 59.3 Å². The van der Waals surface area contributed by atoms with Gasteiger partial charge in [0.25, 0.3) is 0 Å². The number of hydrogen-bond donors (Lipinski definition) is 0. The van der Waals surface area contributed by atoms with Crippen molar-refractivity contribution in [2.24, 2.45) is 0 Å². The molecule has 0 unspecified atom stereocenters. The molecule has 0 saturated heterocycles. The van der Waals surface area contributed by atoms with Crippen LogP contribution in [0.1, 0.15) is 15.3 Å². The Balaban J connectivity index is 1.74. The number of amides is 1. The molecule has 29 heavy (non-hydrogen) atoms. The molecule has 3 aromatic rings. The summed E-state index contributed by atoms with van der Waals surface area (Å²) in [6, 6.07) is 15.3. The molecule has 7 heteroatoms. The van der Waals surface area contributed by atoms with Crippen LogP contribution in [0.25, 0.3) is 6.08 Å². The van der Waals surface area contributed by atoms with E-state index < -0.39 is 0 Å². The maximum absolute atomic E-state index is 12.9. The highest BCUT2D eigenvalue weighted by Crippen LogP contribution is 2.28. The lowest BCUT2D eigenvalue weighted by Gasteiger charge is -2.20. The summed E-state index contributed by atoms with van der Waals surface area (Å²) in [6.45, 7) is 1.09. The molecule has 0 fully saturated rings. The van der Waals surface area contributed by atoms with Crippen molar-refractivity contribution in [2.45, 2.75) is 13.1 Å². The molecule has 2 heterocycles. The molecule has 0 atom stereocenters. The van der Waals surface area contributed by atoms with Crippen molar-refractivity contribution in [3.05, 3.63) is 74.6 Å². The topological polar surface area (TPSA) is 62.6 Å². The van der Waals surface area contributed by atoms with Gasteiger partial charge >= 0.3 is 0 Å². The highest BCUT2D eigenvalue weighted by Gasteiger charge is 2.14. The molecule has 0 N–H and O–H groups in total. The molecule has 1 amide bonds. The lowest BCUT2D eigenvalue weighted by Crippen LogP contribution is -2.27. The molecule has 0 bridgehead atoms. The van der Waals surface area contributed by atoms with Crippen LogP contribution in [0.4, 0.5) is 0 Å². The zero-order chi connectivity index (χ0) is 20.5. The Hall–Kier alpha value is -3.08. The fourth-order valence-corrected chi connectivity index (χ4v) is 4.12. The number of nitrogens with zero attached hydrogens (tertiary/aromatic N) is 2. The molecule has 0 saturated carbocycles. The van der Waals surface area contributed by atoms with Gasteiger partial charge in [-0.1, -0.05) is 18.2 Å². The molecule has 1 aromatic carbocycles. The lowest BCUT2D eigenvalue weighted by molar-refractivity contribution is -0.127. The molecule has 0 aliphatic carbocycles. The molecular formula is C22H20N2O3S2. The number of thiophene rings is 2. The second-order valence-electron chi connectivity index (χ2n) is 6.04. The van der Waals surface area contributed by atoms with Crippen molar-refractivity contribution in [1.29, 1.82) is 5.26 Å². The number of ether oxygens (including phenoxy) is 2. The standard InChI is InChI=1S/C22H20N2O3S2/c1-26-21-14-17(6-8-20(21)27-11-10-23)7-9-22(25)24(15-18-4-2-12-28-18)16-19-5-3-13-29-19/h2-9,12-14H,11,15-16H2,1H3/b9-7+. The molecule has 0 aliphatic rings. The predicted octanol–water partition coefficient (Wildman–Crippen LogP) is 4.96. The Labute approximate surface area is 178 Å². The van der Waals surface area contributed by atoms with Crippen LogP contribution in [-0.2, 0) is 17.9 Å². The third-order valence-corrected chi connectivity index (χ3v) is 5.79. The summed E-state index contributed by atoms with van der Waals surface area (Å²) in [6.07, 6.45) is 3.33. The number of methoxy groups -OCH3 is 1. The van der Waals surface area contributed by atoms with Crippen molar-refractivity contribution in [3.8, 4) is 17.6 Å². The smallest absolute Gasteiger partial charge is 0.247 e. The van der Waals surface area contributed by atoms with Crippen LogP contribution >= 0.6 is 22.7 Å². The maximum Gasteiger partial charge on any atom is 0.247 e. The van der Waals surface area contributed by atoms with E-state index in [9.17, 15) is 4.79 Å². The van der Waals surface area contributed by atoms with Gasteiger partial charge in [-0.3, -0.25) is 4.79 Å². The number of nitriles is 1. The van der Waals surface area contributed by atoms with E-state index in [1.165, 1.54) is 7.11 Å². The highest BCUT2D eigenvalue weighted by atomic mass is 32.1. The quantitative estimate of drug-likeness (QED) is 0.455. The van der Waals surface area contributed by atoms with Gasteiger partial charge in [0.15, 0.2) is 18.1 Å². The average Bonchev–Trinajstić information content (AvgIpc) is 3.44. The third-order valence-electron chi connectivity index (χ3n) is 4.06. The molecule has 0 radical (unpaired) electrons. The van der Waals surface area contributed by atoms with Gasteiger partial charge < -0.3 is 14.4 Å². The van der Waals surface area contributed by atoms with Crippen LogP contribution in [0.2, 0.25) is 0 Å². The van der Waals surface area contributed by atoms with Crippen molar-refractivity contribution in [3.63, 3.8) is 0 Å². The fraction of sp³-hybridized carbons (Fsp3) is 0.182. The number of carbonyl (C=O) groups is 1. The Morgan fingerprint density at radius 3 is 2.34 bits per heavy atom. The second-order valence-corrected chi connectivity index (χ2v) is 8.11. The van der Waals surface area contributed by atoms with Gasteiger partial charge in [-0.15, -0.1) is 22.7 Å². The van der Waals surface area contributed by atoms with E-state index in [0.717, 1.165) is 15.3 Å². The van der Waals surface area contributed by atoms with Crippen molar-refractivity contribution in [2.75, 3.05) is 13.7 Å². The zero-order valence-corrected chi connectivity index (χ0v) is 17.5. The minimum atomic E-state index is -0.0597. The molecule has 3 rings (SSSR count). The Morgan fingerprint density at radius 1 is 1.10 bits per heavy atom. The van der Waals surface area contributed by atoms with Gasteiger partial charge in [0.05, 0.1) is 20.2 Å². The van der Waals surface area contributed by atoms with Gasteiger partial charge in [0.1, 0.15) is 6.07 Å². The molecule has 2 aromatic heterocycles. The summed E-state index contributed by atoms with van der Waals surface area (Å²) in [4.78, 5) is 17.0. The SMILES string of the molecule is COc1cc(/C=C/C(=O)N(Cc2cccs2)Cc2cccs2)ccc1OCC#N. The van der Waals surface area contributed by atoms with E-state index in [0.29, 0.717) is 24.6 Å². The highest BCUT2D eigenvalue weighted by molar-refractivity contribution is 7.10. The summed E-state index contributed by atoms with van der Waals surface area (Å²) in [5.74, 6) is 0.953. The predicted molar refractivity (Wildman–Crippen MR) is 116 cm³/mol. The van der Waals surface area contributed by atoms with Gasteiger partial charge in [0, 0.05) is 15.8 Å². The number of benzene rings is 1. The van der Waals surface area contributed by atoms with Crippen LogP contribution < -0.4 is 9.47 Å². The van der Waals surface area contributed by atoms with Crippen molar-refractivity contribution < 1.29 is 14.3 Å². The molecule has 0 spiro atoms. The molecule has 0 aliphatic heterocycles. The first-order valence-electron chi connectivity index (χ1n) is 8.89. The minimum absolute atomic E-state index is 0.0512. The van der Waals surface area contributed by atoms with Crippen molar-refractivity contribution in [1.82, 2.24) is 4.90 Å². The number of hydrogen-bond acceptors (Lipinski definition) is 6. The normalized spacial score (nSPS) is 10.6. The van der Waals surface area contributed by atoms with Crippen LogP contribution in [0.3, 0.4) is 0 Å². The largest absolute Gasteiger partial charge is 0.493 e. The van der Waals surface area contributed by atoms with Gasteiger partial charge in [-0.05, 0) is 46.7 Å². The molecule has 5 nitrogen and oxygen atoms in total. The second kappa shape index (κ2) is 10.5. The van der Waals surface area contributed by atoms with Gasteiger partial charge in [0.2, 0.25) is 5.91 Å². The van der Waals surface area contributed by atoms with Crippen LogP contribution in [-0.4, -0.2) is 24.5 Å².